The maximum Gasteiger partial charge on any atom is 0.255 e. The van der Waals surface area contributed by atoms with Crippen LogP contribution in [0.2, 0.25) is 0 Å². The Kier molecular flexibility index (Phi) is 20.1. The molecule has 0 bridgehead atoms. The molecule has 85 heavy (non-hydrogen) atoms. The van der Waals surface area contributed by atoms with Crippen LogP contribution in [0.3, 0.4) is 0 Å². The van der Waals surface area contributed by atoms with Crippen LogP contribution in [0, 0.1) is 0 Å². The van der Waals surface area contributed by atoms with Crippen LogP contribution < -0.4 is 31.5 Å². The minimum absolute atomic E-state index is 0.185. The molecule has 2 aliphatic heterocycles. The standard InChI is InChI=1S/C23H24N6O.C22H30N6.C22H29N5/c1-3-20(4-2)29-13-10-17-15-25-23(28-21(17)29)27-19-7-5-6-18(14-19)26-22(30)16-8-11-24-12-9-16;1-4-19(5-2)28-11-10-17-16-23-22(25-21(17)28)24-18-6-8-20(9-7-18)27-14-12-26(3)13-15-27;1-3-20(4-2)27-13-11-18-15-24-22(26-21(18)27)25-19-9-7-16(8-10-19)17-6-5-12-23-14-17/h5-15,20H,3-4H2,1-2H3,(H,26,30)(H,25,27,28);6-11,16,19H,4-5,12-15H2,1-3H3,(H,23,24,25);7-11,13,15,17,20,23H,3-6,12,14H2,1-2H3,(H,24,25,26). The monoisotopic (exact) mass is 1140 g/mol. The summed E-state index contributed by atoms with van der Waals surface area (Å²) in [6.07, 6.45) is 24.2. The van der Waals surface area contributed by atoms with E-state index in [4.69, 9.17) is 15.0 Å². The van der Waals surface area contributed by atoms with Crippen LogP contribution in [0.25, 0.3) is 33.1 Å². The highest BCUT2D eigenvalue weighted by molar-refractivity contribution is 6.04. The molecule has 0 spiro atoms. The molecule has 1 amide bonds. The summed E-state index contributed by atoms with van der Waals surface area (Å²) in [5.41, 5.74) is 9.68. The Labute approximate surface area is 500 Å². The molecule has 2 saturated heterocycles. The average molecular weight is 1140 g/mol. The number of nitrogens with zero attached hydrogens (tertiary/aromatic N) is 12. The third-order valence-electron chi connectivity index (χ3n) is 16.6. The molecule has 7 aromatic heterocycles. The number of aromatic nitrogens is 10. The van der Waals surface area contributed by atoms with Crippen LogP contribution >= 0.6 is 0 Å². The molecule has 2 fully saturated rings. The van der Waals surface area contributed by atoms with E-state index in [1.165, 1.54) is 24.1 Å². The Morgan fingerprint density at radius 3 is 1.47 bits per heavy atom. The molecule has 10 aromatic rings. The van der Waals surface area contributed by atoms with Crippen molar-refractivity contribution in [3.05, 3.63) is 164 Å². The molecule has 442 valence electrons. The SMILES string of the molecule is CCC(CC)n1ccc2cnc(Nc3ccc(C4CCCNC4)cc3)nc21.CCC(CC)n1ccc2cnc(Nc3ccc(N4CCN(C)CC4)cc3)nc21.CCC(CC)n1ccc2cnc(Nc3cccc(NC(=O)c4ccncc4)c3)nc21. The van der Waals surface area contributed by atoms with E-state index in [9.17, 15) is 4.79 Å². The number of piperazine rings is 1. The molecule has 0 aliphatic carbocycles. The molecule has 3 aromatic carbocycles. The van der Waals surface area contributed by atoms with Crippen molar-refractivity contribution < 1.29 is 4.79 Å². The van der Waals surface area contributed by atoms with Gasteiger partial charge in [0.2, 0.25) is 17.8 Å². The van der Waals surface area contributed by atoms with Crippen molar-refractivity contribution in [1.29, 1.82) is 0 Å². The van der Waals surface area contributed by atoms with Crippen molar-refractivity contribution in [1.82, 2.24) is 58.8 Å². The highest BCUT2D eigenvalue weighted by atomic mass is 16.1. The van der Waals surface area contributed by atoms with E-state index < -0.39 is 0 Å². The van der Waals surface area contributed by atoms with Crippen molar-refractivity contribution in [3.8, 4) is 0 Å². The van der Waals surface area contributed by atoms with E-state index in [1.54, 1.807) is 24.5 Å². The van der Waals surface area contributed by atoms with Crippen LogP contribution in [0.15, 0.2) is 153 Å². The van der Waals surface area contributed by atoms with E-state index in [0.717, 1.165) is 128 Å². The van der Waals surface area contributed by atoms with Gasteiger partial charge in [0.25, 0.3) is 5.91 Å². The number of amides is 1. The lowest BCUT2D eigenvalue weighted by Crippen LogP contribution is -2.44. The van der Waals surface area contributed by atoms with Crippen LogP contribution in [-0.2, 0) is 0 Å². The number of benzene rings is 3. The number of hydrogen-bond donors (Lipinski definition) is 5. The van der Waals surface area contributed by atoms with Crippen LogP contribution in [-0.4, -0.2) is 106 Å². The number of hydrogen-bond acceptors (Lipinski definition) is 14. The van der Waals surface area contributed by atoms with Gasteiger partial charge in [-0.2, -0.15) is 15.0 Å². The van der Waals surface area contributed by atoms with E-state index in [1.807, 2.05) is 48.9 Å². The Balaban J connectivity index is 0.000000142. The van der Waals surface area contributed by atoms with E-state index in [0.29, 0.717) is 53.1 Å². The number of likely N-dealkylation sites (N-methyl/N-ethyl adjacent to an activating group) is 1. The van der Waals surface area contributed by atoms with Gasteiger partial charge >= 0.3 is 0 Å². The minimum Gasteiger partial charge on any atom is -0.369 e. The zero-order valence-corrected chi connectivity index (χ0v) is 50.4. The zero-order chi connectivity index (χ0) is 59.1. The number of nitrogens with one attached hydrogen (secondary N) is 5. The van der Waals surface area contributed by atoms with Gasteiger partial charge in [-0.3, -0.25) is 9.78 Å². The highest BCUT2D eigenvalue weighted by Crippen LogP contribution is 2.30. The lowest BCUT2D eigenvalue weighted by molar-refractivity contribution is 0.102. The second kappa shape index (κ2) is 28.7. The van der Waals surface area contributed by atoms with Gasteiger partial charge in [-0.1, -0.05) is 59.7 Å². The Bertz CT molecular complexity index is 3700. The summed E-state index contributed by atoms with van der Waals surface area (Å²) >= 11 is 0. The first-order valence-electron chi connectivity index (χ1n) is 30.6. The van der Waals surface area contributed by atoms with Crippen LogP contribution in [0.1, 0.15) is 133 Å². The molecule has 18 heteroatoms. The summed E-state index contributed by atoms with van der Waals surface area (Å²) in [5, 5.41) is 19.6. The molecule has 9 heterocycles. The molecular weight excluding hydrogens is 1060 g/mol. The lowest BCUT2D eigenvalue weighted by atomic mass is 9.92. The fourth-order valence-corrected chi connectivity index (χ4v) is 11.5. The quantitative estimate of drug-likeness (QED) is 0.0514. The third kappa shape index (κ3) is 14.8. The summed E-state index contributed by atoms with van der Waals surface area (Å²) in [4.78, 5) is 48.9. The topological polar surface area (TPSA) is 189 Å². The average Bonchev–Trinajstić information content (AvgIpc) is 4.03. The molecule has 0 saturated carbocycles. The van der Waals surface area contributed by atoms with E-state index >= 15 is 0 Å². The molecule has 2 aliphatic rings. The van der Waals surface area contributed by atoms with Crippen LogP contribution in [0.4, 0.5) is 46.3 Å². The largest absolute Gasteiger partial charge is 0.369 e. The highest BCUT2D eigenvalue weighted by Gasteiger charge is 2.19. The Morgan fingerprint density at radius 1 is 0.553 bits per heavy atom. The van der Waals surface area contributed by atoms with Crippen molar-refractivity contribution in [2.24, 2.45) is 0 Å². The minimum atomic E-state index is -0.185. The molecular formula is C67H83N17O. The zero-order valence-electron chi connectivity index (χ0n) is 50.4. The van der Waals surface area contributed by atoms with E-state index in [2.05, 4.69) is 198 Å². The van der Waals surface area contributed by atoms with Crippen LogP contribution in [0.5, 0.6) is 0 Å². The van der Waals surface area contributed by atoms with Gasteiger partial charge in [0.15, 0.2) is 0 Å². The van der Waals surface area contributed by atoms with Gasteiger partial charge < -0.3 is 50.1 Å². The van der Waals surface area contributed by atoms with Crippen molar-refractivity contribution in [3.63, 3.8) is 0 Å². The molecule has 12 rings (SSSR count). The first-order valence-corrected chi connectivity index (χ1v) is 30.6. The predicted molar refractivity (Wildman–Crippen MR) is 347 cm³/mol. The van der Waals surface area contributed by atoms with Gasteiger partial charge in [0, 0.05) is 151 Å². The predicted octanol–water partition coefficient (Wildman–Crippen LogP) is 14.5. The van der Waals surface area contributed by atoms with Gasteiger partial charge in [0.05, 0.1) is 0 Å². The van der Waals surface area contributed by atoms with Gasteiger partial charge in [-0.15, -0.1) is 0 Å². The number of fused-ring (bicyclic) bond motifs is 3. The number of piperidine rings is 1. The van der Waals surface area contributed by atoms with Crippen molar-refractivity contribution >= 4 is 85.3 Å². The number of carbonyl (C=O) groups excluding carboxylic acids is 1. The number of pyridine rings is 1. The lowest BCUT2D eigenvalue weighted by Gasteiger charge is -2.34. The molecule has 18 nitrogen and oxygen atoms in total. The van der Waals surface area contributed by atoms with Crippen molar-refractivity contribution in [2.75, 3.05) is 72.5 Å². The Hall–Kier alpha value is -8.74. The molecule has 1 atom stereocenters. The Morgan fingerprint density at radius 2 is 1.01 bits per heavy atom. The summed E-state index contributed by atoms with van der Waals surface area (Å²) in [6, 6.07) is 35.8. The number of anilines is 8. The first kappa shape index (κ1) is 59.4. The van der Waals surface area contributed by atoms with Gasteiger partial charge in [-0.05, 0) is 161 Å². The maximum absolute atomic E-state index is 12.4. The summed E-state index contributed by atoms with van der Waals surface area (Å²) in [7, 11) is 2.18. The van der Waals surface area contributed by atoms with Crippen molar-refractivity contribution in [2.45, 2.75) is 117 Å². The molecule has 0 radical (unpaired) electrons. The second-order valence-corrected chi connectivity index (χ2v) is 22.1. The normalized spacial score (nSPS) is 14.6. The van der Waals surface area contributed by atoms with Gasteiger partial charge in [-0.25, -0.2) is 15.0 Å². The summed E-state index contributed by atoms with van der Waals surface area (Å²) in [5.74, 6) is 2.26. The molecule has 1 unspecified atom stereocenters. The summed E-state index contributed by atoms with van der Waals surface area (Å²) < 4.78 is 6.77. The maximum atomic E-state index is 12.4. The fourth-order valence-electron chi connectivity index (χ4n) is 11.5. The molecule has 5 N–H and O–H groups in total. The smallest absolute Gasteiger partial charge is 0.255 e. The fraction of sp³-hybridized carbons (Fsp3) is 0.373. The van der Waals surface area contributed by atoms with E-state index in [-0.39, 0.29) is 5.91 Å². The summed E-state index contributed by atoms with van der Waals surface area (Å²) in [6.45, 7) is 19.9. The number of rotatable bonds is 19. The third-order valence-corrected chi connectivity index (χ3v) is 16.6. The first-order chi connectivity index (χ1) is 41.6. The van der Waals surface area contributed by atoms with Gasteiger partial charge in [0.1, 0.15) is 16.9 Å². The second-order valence-electron chi connectivity index (χ2n) is 22.1. The number of carbonyl (C=O) groups is 1.